The number of nitrogens with zero attached hydrogens (tertiary/aromatic N) is 3. The zero-order valence-electron chi connectivity index (χ0n) is 15.4. The van der Waals surface area contributed by atoms with Crippen molar-refractivity contribution in [2.24, 2.45) is 0 Å². The molecule has 1 saturated heterocycles. The van der Waals surface area contributed by atoms with Crippen molar-refractivity contribution < 1.29 is 9.69 Å². The number of nitrogens with one attached hydrogen (secondary N) is 2. The molecule has 0 spiro atoms. The summed E-state index contributed by atoms with van der Waals surface area (Å²) in [7, 11) is 0. The second-order valence-electron chi connectivity index (χ2n) is 6.97. The molecule has 0 radical (unpaired) electrons. The van der Waals surface area contributed by atoms with Gasteiger partial charge in [-0.2, -0.15) is 0 Å². The van der Waals surface area contributed by atoms with Gasteiger partial charge >= 0.3 is 0 Å². The van der Waals surface area contributed by atoms with Crippen LogP contribution in [-0.4, -0.2) is 48.1 Å². The molecule has 4 rings (SSSR count). The highest BCUT2D eigenvalue weighted by Gasteiger charge is 2.29. The monoisotopic (exact) mass is 362 g/mol. The Morgan fingerprint density at radius 2 is 1.74 bits per heavy atom. The third-order valence-corrected chi connectivity index (χ3v) is 5.26. The predicted octanol–water partition coefficient (Wildman–Crippen LogP) is 1.36. The highest BCUT2D eigenvalue weighted by molar-refractivity contribution is 5.96. The summed E-state index contributed by atoms with van der Waals surface area (Å²) in [6.07, 6.45) is 3.53. The molecular weight excluding hydrogens is 338 g/mol. The second-order valence-corrected chi connectivity index (χ2v) is 6.97. The number of benzene rings is 2. The van der Waals surface area contributed by atoms with Crippen molar-refractivity contribution in [2.75, 3.05) is 36.4 Å². The quantitative estimate of drug-likeness (QED) is 0.736. The van der Waals surface area contributed by atoms with Gasteiger partial charge in [0.1, 0.15) is 0 Å². The lowest BCUT2D eigenvalue weighted by Crippen LogP contribution is -3.19. The van der Waals surface area contributed by atoms with Crippen LogP contribution in [0.5, 0.6) is 0 Å². The van der Waals surface area contributed by atoms with Gasteiger partial charge in [0.05, 0.1) is 26.2 Å². The normalized spacial score (nSPS) is 16.3. The fourth-order valence-electron chi connectivity index (χ4n) is 3.58. The highest BCUT2D eigenvalue weighted by atomic mass is 16.2. The van der Waals surface area contributed by atoms with Crippen LogP contribution in [0.15, 0.2) is 60.9 Å². The maximum Gasteiger partial charge on any atom is 0.282 e. The predicted molar refractivity (Wildman–Crippen MR) is 107 cm³/mol. The number of carbonyl (C=O) groups is 1. The van der Waals surface area contributed by atoms with Crippen LogP contribution in [0.4, 0.5) is 11.6 Å². The molecule has 1 fully saturated rings. The molecule has 1 amide bonds. The van der Waals surface area contributed by atoms with E-state index < -0.39 is 0 Å². The van der Waals surface area contributed by atoms with Gasteiger partial charge in [-0.05, 0) is 35.9 Å². The molecule has 2 heterocycles. The SMILES string of the molecule is C[C@@H](C(=O)Nc1ccc2ccccc2c1)[NH+]1CCN(c2ncccn2)CC1. The third kappa shape index (κ3) is 3.90. The molecule has 2 N–H and O–H groups in total. The lowest BCUT2D eigenvalue weighted by atomic mass is 10.1. The molecule has 0 bridgehead atoms. The first-order chi connectivity index (χ1) is 13.2. The van der Waals surface area contributed by atoms with E-state index in [1.54, 1.807) is 12.4 Å². The van der Waals surface area contributed by atoms with E-state index in [1.165, 1.54) is 10.3 Å². The van der Waals surface area contributed by atoms with E-state index in [2.05, 4.69) is 32.3 Å². The molecule has 1 atom stereocenters. The molecule has 27 heavy (non-hydrogen) atoms. The molecule has 0 unspecified atom stereocenters. The zero-order chi connectivity index (χ0) is 18.6. The Balaban J connectivity index is 1.36. The summed E-state index contributed by atoms with van der Waals surface area (Å²) in [5.74, 6) is 0.828. The number of fused-ring (bicyclic) bond motifs is 1. The number of aromatic nitrogens is 2. The summed E-state index contributed by atoms with van der Waals surface area (Å²) in [4.78, 5) is 24.8. The van der Waals surface area contributed by atoms with Crippen LogP contribution in [0.3, 0.4) is 0 Å². The highest BCUT2D eigenvalue weighted by Crippen LogP contribution is 2.18. The number of quaternary nitrogens is 1. The number of amides is 1. The Hall–Kier alpha value is -2.99. The van der Waals surface area contributed by atoms with Crippen molar-refractivity contribution in [3.05, 3.63) is 60.9 Å². The van der Waals surface area contributed by atoms with Crippen molar-refractivity contribution in [1.29, 1.82) is 0 Å². The van der Waals surface area contributed by atoms with Gasteiger partial charge in [-0.1, -0.05) is 30.3 Å². The standard InChI is InChI=1S/C21H23N5O/c1-16(25-11-13-26(14-12-25)21-22-9-4-10-23-21)20(27)24-19-8-7-17-5-2-3-6-18(17)15-19/h2-10,15-16H,11-14H2,1H3,(H,24,27)/p+1/t16-/m0/s1. The largest absolute Gasteiger partial charge is 0.330 e. The Bertz CT molecular complexity index is 922. The van der Waals surface area contributed by atoms with Gasteiger partial charge in [-0.25, -0.2) is 9.97 Å². The average molecular weight is 362 g/mol. The van der Waals surface area contributed by atoms with Crippen LogP contribution in [-0.2, 0) is 4.79 Å². The fourth-order valence-corrected chi connectivity index (χ4v) is 3.58. The van der Waals surface area contributed by atoms with E-state index in [4.69, 9.17) is 0 Å². The minimum atomic E-state index is -0.102. The Morgan fingerprint density at radius 1 is 1.04 bits per heavy atom. The van der Waals surface area contributed by atoms with E-state index in [9.17, 15) is 4.79 Å². The Morgan fingerprint density at radius 3 is 2.48 bits per heavy atom. The number of rotatable bonds is 4. The molecule has 0 aliphatic carbocycles. The van der Waals surface area contributed by atoms with Crippen LogP contribution < -0.4 is 15.1 Å². The third-order valence-electron chi connectivity index (χ3n) is 5.26. The fraction of sp³-hybridized carbons (Fsp3) is 0.286. The lowest BCUT2D eigenvalue weighted by molar-refractivity contribution is -0.914. The van der Waals surface area contributed by atoms with Crippen LogP contribution in [0.25, 0.3) is 10.8 Å². The summed E-state index contributed by atoms with van der Waals surface area (Å²) in [6, 6.07) is 15.9. The van der Waals surface area contributed by atoms with E-state index >= 15 is 0 Å². The van der Waals surface area contributed by atoms with Gasteiger partial charge in [-0.3, -0.25) is 4.79 Å². The van der Waals surface area contributed by atoms with E-state index in [1.807, 2.05) is 43.3 Å². The molecule has 3 aromatic rings. The van der Waals surface area contributed by atoms with Crippen molar-refractivity contribution >= 4 is 28.3 Å². The smallest absolute Gasteiger partial charge is 0.282 e. The first-order valence-electron chi connectivity index (χ1n) is 9.37. The summed E-state index contributed by atoms with van der Waals surface area (Å²) < 4.78 is 0. The number of piperazine rings is 1. The van der Waals surface area contributed by atoms with Crippen LogP contribution in [0.1, 0.15) is 6.92 Å². The molecule has 0 saturated carbocycles. The summed E-state index contributed by atoms with van der Waals surface area (Å²) in [5.41, 5.74) is 0.848. The van der Waals surface area contributed by atoms with Crippen molar-refractivity contribution in [3.8, 4) is 0 Å². The average Bonchev–Trinajstić information content (AvgIpc) is 2.74. The molecule has 1 aliphatic heterocycles. The molecule has 6 heteroatoms. The number of hydrogen-bond donors (Lipinski definition) is 2. The maximum atomic E-state index is 12.7. The van der Waals surface area contributed by atoms with E-state index in [-0.39, 0.29) is 11.9 Å². The first-order valence-corrected chi connectivity index (χ1v) is 9.37. The van der Waals surface area contributed by atoms with Crippen LogP contribution in [0.2, 0.25) is 0 Å². The van der Waals surface area contributed by atoms with Crippen molar-refractivity contribution in [2.45, 2.75) is 13.0 Å². The minimum Gasteiger partial charge on any atom is -0.330 e. The number of carbonyl (C=O) groups excluding carboxylic acids is 1. The van der Waals surface area contributed by atoms with Gasteiger partial charge in [0.15, 0.2) is 6.04 Å². The molecule has 6 nitrogen and oxygen atoms in total. The van der Waals surface area contributed by atoms with Crippen molar-refractivity contribution in [3.63, 3.8) is 0 Å². The number of hydrogen-bond acceptors (Lipinski definition) is 4. The molecule has 1 aromatic heterocycles. The van der Waals surface area contributed by atoms with E-state index in [0.717, 1.165) is 43.2 Å². The van der Waals surface area contributed by atoms with Gasteiger partial charge in [-0.15, -0.1) is 0 Å². The molecule has 1 aliphatic rings. The molecular formula is C21H24N5O+. The van der Waals surface area contributed by atoms with Gasteiger partial charge < -0.3 is 15.1 Å². The number of anilines is 2. The molecule has 138 valence electrons. The zero-order valence-corrected chi connectivity index (χ0v) is 15.4. The minimum absolute atomic E-state index is 0.0599. The van der Waals surface area contributed by atoms with E-state index in [0.29, 0.717) is 0 Å². The van der Waals surface area contributed by atoms with Crippen LogP contribution in [0, 0.1) is 0 Å². The summed E-state index contributed by atoms with van der Waals surface area (Å²) in [5, 5.41) is 5.38. The maximum absolute atomic E-state index is 12.7. The van der Waals surface area contributed by atoms with Gasteiger partial charge in [0, 0.05) is 18.1 Å². The Labute approximate surface area is 158 Å². The van der Waals surface area contributed by atoms with Gasteiger partial charge in [0.2, 0.25) is 5.95 Å². The second kappa shape index (κ2) is 7.72. The summed E-state index contributed by atoms with van der Waals surface area (Å²) >= 11 is 0. The van der Waals surface area contributed by atoms with Gasteiger partial charge in [0.25, 0.3) is 5.91 Å². The lowest BCUT2D eigenvalue weighted by Gasteiger charge is -2.34. The summed E-state index contributed by atoms with van der Waals surface area (Å²) in [6.45, 7) is 5.50. The van der Waals surface area contributed by atoms with Crippen LogP contribution >= 0.6 is 0 Å². The molecule has 2 aromatic carbocycles. The topological polar surface area (TPSA) is 62.6 Å². The Kier molecular flexibility index (Phi) is 4.98. The first kappa shape index (κ1) is 17.4. The van der Waals surface area contributed by atoms with Crippen molar-refractivity contribution in [1.82, 2.24) is 9.97 Å².